The molecule has 110 valence electrons. The van der Waals surface area contributed by atoms with Crippen LogP contribution < -0.4 is 5.32 Å². The Labute approximate surface area is 124 Å². The molecule has 3 rings (SSSR count). The van der Waals surface area contributed by atoms with E-state index in [2.05, 4.69) is 10.5 Å². The molecule has 21 heavy (non-hydrogen) atoms. The predicted octanol–water partition coefficient (Wildman–Crippen LogP) is 3.71. The summed E-state index contributed by atoms with van der Waals surface area (Å²) in [6, 6.07) is 8.19. The first-order valence-electron chi connectivity index (χ1n) is 7.56. The summed E-state index contributed by atoms with van der Waals surface area (Å²) in [5, 5.41) is 6.90. The fourth-order valence-electron chi connectivity index (χ4n) is 2.82. The third-order valence-corrected chi connectivity index (χ3v) is 4.07. The summed E-state index contributed by atoms with van der Waals surface area (Å²) in [4.78, 5) is 12.4. The van der Waals surface area contributed by atoms with E-state index in [1.165, 1.54) is 31.0 Å². The van der Waals surface area contributed by atoms with E-state index in [9.17, 15) is 4.79 Å². The van der Waals surface area contributed by atoms with Crippen LogP contribution >= 0.6 is 0 Å². The minimum atomic E-state index is -0.0845. The lowest BCUT2D eigenvalue weighted by Crippen LogP contribution is -2.36. The van der Waals surface area contributed by atoms with Crippen LogP contribution in [-0.4, -0.2) is 17.1 Å². The summed E-state index contributed by atoms with van der Waals surface area (Å²) in [5.74, 6) is 0.460. The molecule has 4 heteroatoms. The van der Waals surface area contributed by atoms with Crippen molar-refractivity contribution in [3.05, 3.63) is 41.6 Å². The largest absolute Gasteiger partial charge is 0.355 e. The number of carbonyl (C=O) groups is 1. The summed E-state index contributed by atoms with van der Waals surface area (Å²) < 4.78 is 5.29. The molecule has 1 aromatic carbocycles. The average Bonchev–Trinajstić information content (AvgIpc) is 2.98. The van der Waals surface area contributed by atoms with Gasteiger partial charge in [-0.2, -0.15) is 0 Å². The fraction of sp³-hybridized carbons (Fsp3) is 0.412. The van der Waals surface area contributed by atoms with E-state index in [1.54, 1.807) is 0 Å². The van der Waals surface area contributed by atoms with Crippen molar-refractivity contribution in [1.29, 1.82) is 0 Å². The van der Waals surface area contributed by atoms with E-state index >= 15 is 0 Å². The van der Waals surface area contributed by atoms with Crippen LogP contribution in [0.15, 0.2) is 35.0 Å². The number of hydrogen-bond acceptors (Lipinski definition) is 3. The Morgan fingerprint density at radius 3 is 2.62 bits per heavy atom. The van der Waals surface area contributed by atoms with Crippen molar-refractivity contribution in [3.8, 4) is 11.3 Å². The van der Waals surface area contributed by atoms with E-state index in [4.69, 9.17) is 4.52 Å². The molecule has 0 unspecified atom stereocenters. The molecule has 0 spiro atoms. The fourth-order valence-corrected chi connectivity index (χ4v) is 2.82. The summed E-state index contributed by atoms with van der Waals surface area (Å²) in [7, 11) is 0. The van der Waals surface area contributed by atoms with E-state index in [0.29, 0.717) is 11.3 Å². The van der Waals surface area contributed by atoms with Gasteiger partial charge in [0.2, 0.25) is 0 Å². The molecule has 1 aliphatic carbocycles. The minimum Gasteiger partial charge on any atom is -0.355 e. The first kappa shape index (κ1) is 13.9. The number of rotatable bonds is 3. The molecule has 0 radical (unpaired) electrons. The van der Waals surface area contributed by atoms with Gasteiger partial charge in [0.1, 0.15) is 5.56 Å². The van der Waals surface area contributed by atoms with Crippen molar-refractivity contribution in [1.82, 2.24) is 10.5 Å². The number of benzene rings is 1. The molecule has 1 amide bonds. The smallest absolute Gasteiger partial charge is 0.257 e. The van der Waals surface area contributed by atoms with Gasteiger partial charge in [-0.1, -0.05) is 54.2 Å². The van der Waals surface area contributed by atoms with E-state index in [0.717, 1.165) is 18.4 Å². The number of hydrogen-bond donors (Lipinski definition) is 1. The van der Waals surface area contributed by atoms with E-state index in [-0.39, 0.29) is 11.9 Å². The van der Waals surface area contributed by atoms with Crippen molar-refractivity contribution < 1.29 is 9.32 Å². The highest BCUT2D eigenvalue weighted by atomic mass is 16.5. The zero-order valence-corrected chi connectivity index (χ0v) is 12.3. The minimum absolute atomic E-state index is 0.0845. The van der Waals surface area contributed by atoms with Crippen LogP contribution in [0.5, 0.6) is 0 Å². The number of nitrogens with zero attached hydrogens (tertiary/aromatic N) is 1. The zero-order valence-electron chi connectivity index (χ0n) is 12.3. The van der Waals surface area contributed by atoms with E-state index < -0.39 is 0 Å². The van der Waals surface area contributed by atoms with Gasteiger partial charge in [0, 0.05) is 11.6 Å². The summed E-state index contributed by atoms with van der Waals surface area (Å²) in [6.45, 7) is 2.03. The summed E-state index contributed by atoms with van der Waals surface area (Å²) >= 11 is 0. The highest BCUT2D eigenvalue weighted by Gasteiger charge is 2.21. The molecular formula is C17H20N2O2. The van der Waals surface area contributed by atoms with Crippen molar-refractivity contribution in [2.45, 2.75) is 45.1 Å². The lowest BCUT2D eigenvalue weighted by atomic mass is 9.95. The van der Waals surface area contributed by atoms with Gasteiger partial charge in [0.05, 0.1) is 6.20 Å². The van der Waals surface area contributed by atoms with Gasteiger partial charge in [-0.25, -0.2) is 0 Å². The van der Waals surface area contributed by atoms with Crippen LogP contribution in [0.3, 0.4) is 0 Å². The topological polar surface area (TPSA) is 55.1 Å². The lowest BCUT2D eigenvalue weighted by Gasteiger charge is -2.22. The molecular weight excluding hydrogens is 264 g/mol. The maximum atomic E-state index is 12.4. The number of amides is 1. The Bertz CT molecular complexity index is 610. The van der Waals surface area contributed by atoms with Gasteiger partial charge in [-0.15, -0.1) is 0 Å². The third-order valence-electron chi connectivity index (χ3n) is 4.07. The maximum Gasteiger partial charge on any atom is 0.257 e. The van der Waals surface area contributed by atoms with Crippen LogP contribution in [0.4, 0.5) is 0 Å². The molecule has 2 aromatic rings. The predicted molar refractivity (Wildman–Crippen MR) is 81.0 cm³/mol. The normalized spacial score (nSPS) is 15.9. The molecule has 4 nitrogen and oxygen atoms in total. The first-order valence-corrected chi connectivity index (χ1v) is 7.56. The molecule has 0 bridgehead atoms. The van der Waals surface area contributed by atoms with Gasteiger partial charge in [-0.05, 0) is 19.8 Å². The van der Waals surface area contributed by atoms with Gasteiger partial charge in [-0.3, -0.25) is 4.79 Å². The highest BCUT2D eigenvalue weighted by molar-refractivity contribution is 5.99. The third kappa shape index (κ3) is 3.15. The quantitative estimate of drug-likeness (QED) is 0.934. The molecule has 1 aromatic heterocycles. The van der Waals surface area contributed by atoms with Crippen LogP contribution in [0.25, 0.3) is 11.3 Å². The Hall–Kier alpha value is -2.10. The van der Waals surface area contributed by atoms with Gasteiger partial charge >= 0.3 is 0 Å². The molecule has 1 aliphatic rings. The summed E-state index contributed by atoms with van der Waals surface area (Å²) in [5.41, 5.74) is 2.57. The molecule has 1 fully saturated rings. The van der Waals surface area contributed by atoms with Crippen LogP contribution in [0.2, 0.25) is 0 Å². The van der Waals surface area contributed by atoms with Crippen LogP contribution in [0, 0.1) is 6.92 Å². The lowest BCUT2D eigenvalue weighted by molar-refractivity contribution is 0.0928. The van der Waals surface area contributed by atoms with Crippen molar-refractivity contribution in [2.24, 2.45) is 0 Å². The van der Waals surface area contributed by atoms with Crippen LogP contribution in [0.1, 0.15) is 48.0 Å². The van der Waals surface area contributed by atoms with Gasteiger partial charge < -0.3 is 9.84 Å². The standard InChI is InChI=1S/C17H20N2O2/c1-12-7-9-13(10-8-12)16-15(11-18-21-16)17(20)19-14-5-3-2-4-6-14/h7-11,14H,2-6H2,1H3,(H,19,20). The highest BCUT2D eigenvalue weighted by Crippen LogP contribution is 2.25. The number of aryl methyl sites for hydroxylation is 1. The summed E-state index contributed by atoms with van der Waals surface area (Å²) in [6.07, 6.45) is 7.30. The Kier molecular flexibility index (Phi) is 4.04. The van der Waals surface area contributed by atoms with E-state index in [1.807, 2.05) is 31.2 Å². The molecule has 0 aliphatic heterocycles. The molecule has 1 N–H and O–H groups in total. The SMILES string of the molecule is Cc1ccc(-c2oncc2C(=O)NC2CCCCC2)cc1. The monoisotopic (exact) mass is 284 g/mol. The Morgan fingerprint density at radius 1 is 1.19 bits per heavy atom. The van der Waals surface area contributed by atoms with Gasteiger partial charge in [0.15, 0.2) is 5.76 Å². The van der Waals surface area contributed by atoms with Crippen LogP contribution in [-0.2, 0) is 0 Å². The van der Waals surface area contributed by atoms with Crippen molar-refractivity contribution in [3.63, 3.8) is 0 Å². The second-order valence-corrected chi connectivity index (χ2v) is 5.74. The zero-order chi connectivity index (χ0) is 14.7. The van der Waals surface area contributed by atoms with Crippen molar-refractivity contribution >= 4 is 5.91 Å². The number of carbonyl (C=O) groups excluding carboxylic acids is 1. The second kappa shape index (κ2) is 6.12. The Balaban J connectivity index is 1.78. The van der Waals surface area contributed by atoms with Gasteiger partial charge in [0.25, 0.3) is 5.91 Å². The number of nitrogens with one attached hydrogen (secondary N) is 1. The number of aromatic nitrogens is 1. The van der Waals surface area contributed by atoms with Crippen molar-refractivity contribution in [2.75, 3.05) is 0 Å². The molecule has 1 saturated carbocycles. The molecule has 0 atom stereocenters. The Morgan fingerprint density at radius 2 is 1.90 bits per heavy atom. The average molecular weight is 284 g/mol. The molecule has 1 heterocycles. The molecule has 0 saturated heterocycles. The second-order valence-electron chi connectivity index (χ2n) is 5.74. The maximum absolute atomic E-state index is 12.4. The first-order chi connectivity index (χ1) is 10.2.